The van der Waals surface area contributed by atoms with Gasteiger partial charge >= 0.3 is 6.16 Å². The van der Waals surface area contributed by atoms with Gasteiger partial charge in [-0.15, -0.1) is 0 Å². The van der Waals surface area contributed by atoms with Gasteiger partial charge in [-0.25, -0.2) is 17.9 Å². The molecule has 0 radical (unpaired) electrons. The number of nitro groups is 1. The van der Waals surface area contributed by atoms with Crippen molar-refractivity contribution in [2.24, 2.45) is 0 Å². The lowest BCUT2D eigenvalue weighted by atomic mass is 10.0. The minimum atomic E-state index is -3.29. The molecule has 1 saturated carbocycles. The van der Waals surface area contributed by atoms with Crippen LogP contribution >= 0.6 is 0 Å². The van der Waals surface area contributed by atoms with Crippen LogP contribution in [0.2, 0.25) is 0 Å². The van der Waals surface area contributed by atoms with Crippen LogP contribution in [-0.4, -0.2) is 41.1 Å². The van der Waals surface area contributed by atoms with E-state index in [0.29, 0.717) is 30.6 Å². The van der Waals surface area contributed by atoms with Crippen LogP contribution in [0.15, 0.2) is 53.4 Å². The molecule has 2 aromatic carbocycles. The third kappa shape index (κ3) is 5.81. The monoisotopic (exact) mass is 568 g/mol. The van der Waals surface area contributed by atoms with E-state index in [1.54, 1.807) is 12.1 Å². The summed E-state index contributed by atoms with van der Waals surface area (Å²) in [7, 11) is -3.29. The largest absolute Gasteiger partial charge is 0.514 e. The summed E-state index contributed by atoms with van der Waals surface area (Å²) < 4.78 is 37.9. The number of hydrogen-bond donors (Lipinski definition) is 1. The number of carbonyl (C=O) groups is 1. The van der Waals surface area contributed by atoms with E-state index in [-0.39, 0.29) is 34.8 Å². The molecule has 1 fully saturated rings. The van der Waals surface area contributed by atoms with Gasteiger partial charge in [0, 0.05) is 29.8 Å². The van der Waals surface area contributed by atoms with Crippen molar-refractivity contribution in [2.45, 2.75) is 75.3 Å². The van der Waals surface area contributed by atoms with Crippen LogP contribution in [0.25, 0.3) is 0 Å². The first-order valence-electron chi connectivity index (χ1n) is 13.3. The summed E-state index contributed by atoms with van der Waals surface area (Å²) in [6, 6.07) is 12.5. The molecule has 2 atom stereocenters. The highest BCUT2D eigenvalue weighted by molar-refractivity contribution is 7.91. The highest BCUT2D eigenvalue weighted by Crippen LogP contribution is 2.39. The van der Waals surface area contributed by atoms with Crippen molar-refractivity contribution in [3.8, 4) is 5.75 Å². The Morgan fingerprint density at radius 3 is 2.60 bits per heavy atom. The summed E-state index contributed by atoms with van der Waals surface area (Å²) >= 11 is 0. The van der Waals surface area contributed by atoms with E-state index in [9.17, 15) is 23.3 Å². The summed E-state index contributed by atoms with van der Waals surface area (Å²) in [5.74, 6) is 1.16. The minimum Gasteiger partial charge on any atom is -0.431 e. The standard InChI is InChI=1S/C28H32N4O7S/c1-28(2,3)31-26(29-23-7-4-8-25-22(23)6-5-15-40(25,36)37)17-24(30-31)18-9-12-21(16-18)39-27(33)38-20-13-10-19(11-14-20)32(34)35/h4,7-8,10-11,13-14,17-18,21,29H,5-6,9,12,15-16H2,1-3H3/t18-,21+/m0/s1. The Kier molecular flexibility index (Phi) is 7.30. The Morgan fingerprint density at radius 1 is 1.15 bits per heavy atom. The van der Waals surface area contributed by atoms with E-state index >= 15 is 0 Å². The molecule has 0 bridgehead atoms. The Bertz CT molecular complexity index is 1540. The number of non-ortho nitro benzene ring substituents is 1. The number of sulfone groups is 1. The number of benzene rings is 2. The number of nitrogens with zero attached hydrogens (tertiary/aromatic N) is 3. The van der Waals surface area contributed by atoms with Gasteiger partial charge < -0.3 is 14.8 Å². The molecule has 40 heavy (non-hydrogen) atoms. The second-order valence-electron chi connectivity index (χ2n) is 11.2. The molecule has 5 rings (SSSR count). The highest BCUT2D eigenvalue weighted by Gasteiger charge is 2.33. The van der Waals surface area contributed by atoms with Gasteiger partial charge in [0.15, 0.2) is 9.84 Å². The minimum absolute atomic E-state index is 0.0615. The third-order valence-electron chi connectivity index (χ3n) is 7.25. The number of anilines is 2. The van der Waals surface area contributed by atoms with Crippen molar-refractivity contribution in [1.29, 1.82) is 0 Å². The Balaban J connectivity index is 1.29. The number of ether oxygens (including phenoxy) is 2. The van der Waals surface area contributed by atoms with E-state index in [1.807, 2.05) is 16.8 Å². The maximum Gasteiger partial charge on any atom is 0.514 e. The third-order valence-corrected chi connectivity index (χ3v) is 9.13. The first kappa shape index (κ1) is 27.6. The van der Waals surface area contributed by atoms with E-state index in [0.717, 1.165) is 29.2 Å². The first-order chi connectivity index (χ1) is 18.9. The molecule has 1 aliphatic heterocycles. The zero-order valence-corrected chi connectivity index (χ0v) is 23.4. The topological polar surface area (TPSA) is 143 Å². The second kappa shape index (κ2) is 10.6. The van der Waals surface area contributed by atoms with Gasteiger partial charge in [-0.2, -0.15) is 5.10 Å². The first-order valence-corrected chi connectivity index (χ1v) is 14.9. The van der Waals surface area contributed by atoms with Gasteiger partial charge in [0.1, 0.15) is 17.7 Å². The molecular weight excluding hydrogens is 536 g/mol. The summed E-state index contributed by atoms with van der Waals surface area (Å²) in [6.07, 6.45) is 2.07. The van der Waals surface area contributed by atoms with Gasteiger partial charge in [-0.1, -0.05) is 6.07 Å². The number of carbonyl (C=O) groups excluding carboxylic acids is 1. The van der Waals surface area contributed by atoms with Crippen molar-refractivity contribution in [3.63, 3.8) is 0 Å². The molecule has 0 unspecified atom stereocenters. The smallest absolute Gasteiger partial charge is 0.431 e. The lowest BCUT2D eigenvalue weighted by Crippen LogP contribution is -2.25. The average molecular weight is 569 g/mol. The SMILES string of the molecule is CC(C)(C)n1nc([C@H]2CC[C@@H](OC(=O)Oc3ccc([N+](=O)[O-])cc3)C2)cc1Nc1cccc2c1CCCS2(=O)=O. The fourth-order valence-electron chi connectivity index (χ4n) is 5.33. The quantitative estimate of drug-likeness (QED) is 0.167. The van der Waals surface area contributed by atoms with Crippen molar-refractivity contribution >= 4 is 33.2 Å². The maximum absolute atomic E-state index is 12.6. The summed E-state index contributed by atoms with van der Waals surface area (Å²) in [4.78, 5) is 23.0. The number of nitrogens with one attached hydrogen (secondary N) is 1. The second-order valence-corrected chi connectivity index (χ2v) is 13.3. The van der Waals surface area contributed by atoms with Crippen molar-refractivity contribution in [3.05, 3.63) is 69.9 Å². The molecule has 2 heterocycles. The number of hydrogen-bond acceptors (Lipinski definition) is 9. The van der Waals surface area contributed by atoms with Crippen LogP contribution in [0.5, 0.6) is 5.75 Å². The molecule has 3 aromatic rings. The van der Waals surface area contributed by atoms with Gasteiger partial charge in [-0.3, -0.25) is 10.1 Å². The van der Waals surface area contributed by atoms with Crippen LogP contribution < -0.4 is 10.1 Å². The molecule has 1 N–H and O–H groups in total. The molecule has 1 aliphatic carbocycles. The predicted molar refractivity (Wildman–Crippen MR) is 148 cm³/mol. The van der Waals surface area contributed by atoms with E-state index < -0.39 is 20.9 Å². The molecule has 12 heteroatoms. The van der Waals surface area contributed by atoms with E-state index in [2.05, 4.69) is 26.1 Å². The van der Waals surface area contributed by atoms with E-state index in [1.165, 1.54) is 24.3 Å². The molecule has 212 valence electrons. The van der Waals surface area contributed by atoms with Crippen LogP contribution in [0.3, 0.4) is 0 Å². The molecule has 0 saturated heterocycles. The van der Waals surface area contributed by atoms with Crippen LogP contribution in [-0.2, 0) is 26.5 Å². The normalized spacial score (nSPS) is 20.0. The van der Waals surface area contributed by atoms with Crippen LogP contribution in [0, 0.1) is 10.1 Å². The Morgan fingerprint density at radius 2 is 1.90 bits per heavy atom. The molecular formula is C28H32N4O7S. The Hall–Kier alpha value is -3.93. The van der Waals surface area contributed by atoms with Crippen LogP contribution in [0.1, 0.15) is 63.6 Å². The fourth-order valence-corrected chi connectivity index (χ4v) is 6.94. The van der Waals surface area contributed by atoms with E-state index in [4.69, 9.17) is 14.6 Å². The summed E-state index contributed by atoms with van der Waals surface area (Å²) in [6.45, 7) is 6.15. The number of nitro benzene ring substituents is 1. The van der Waals surface area contributed by atoms with Crippen molar-refractivity contribution in [2.75, 3.05) is 11.1 Å². The number of aromatic nitrogens is 2. The Labute approximate surface area is 232 Å². The summed E-state index contributed by atoms with van der Waals surface area (Å²) in [5, 5.41) is 19.2. The van der Waals surface area contributed by atoms with Crippen LogP contribution in [0.4, 0.5) is 22.0 Å². The number of rotatable bonds is 6. The maximum atomic E-state index is 12.6. The molecule has 1 aromatic heterocycles. The predicted octanol–water partition coefficient (Wildman–Crippen LogP) is 5.86. The number of fused-ring (bicyclic) bond motifs is 1. The van der Waals surface area contributed by atoms with Crippen molar-refractivity contribution in [1.82, 2.24) is 9.78 Å². The fraction of sp³-hybridized carbons (Fsp3) is 0.429. The zero-order valence-electron chi connectivity index (χ0n) is 22.6. The lowest BCUT2D eigenvalue weighted by Gasteiger charge is -2.25. The van der Waals surface area contributed by atoms with Gasteiger partial charge in [0.25, 0.3) is 5.69 Å². The molecule has 11 nitrogen and oxygen atoms in total. The van der Waals surface area contributed by atoms with Crippen molar-refractivity contribution < 1.29 is 27.6 Å². The molecule has 2 aliphatic rings. The molecule has 0 amide bonds. The average Bonchev–Trinajstić information content (AvgIpc) is 3.52. The van der Waals surface area contributed by atoms with Gasteiger partial charge in [0.05, 0.1) is 26.8 Å². The summed E-state index contributed by atoms with van der Waals surface area (Å²) in [5.41, 5.74) is 1.99. The highest BCUT2D eigenvalue weighted by atomic mass is 32.2. The van der Waals surface area contributed by atoms with Gasteiger partial charge in [-0.05, 0) is 82.7 Å². The molecule has 0 spiro atoms. The lowest BCUT2D eigenvalue weighted by molar-refractivity contribution is -0.384. The van der Waals surface area contributed by atoms with Gasteiger partial charge in [0.2, 0.25) is 0 Å². The zero-order chi connectivity index (χ0) is 28.7.